The number of fused-ring (bicyclic) bond motifs is 3. The lowest BCUT2D eigenvalue weighted by Crippen LogP contribution is -2.38. The van der Waals surface area contributed by atoms with Gasteiger partial charge < -0.3 is 19.5 Å². The molecule has 2 aliphatic rings. The van der Waals surface area contributed by atoms with Crippen molar-refractivity contribution in [3.8, 4) is 6.07 Å². The molecule has 0 radical (unpaired) electrons. The summed E-state index contributed by atoms with van der Waals surface area (Å²) >= 11 is 6.31. The number of aromatic nitrogens is 6. The summed E-state index contributed by atoms with van der Waals surface area (Å²) in [5.41, 5.74) is 4.13. The van der Waals surface area contributed by atoms with E-state index in [1.807, 2.05) is 36.7 Å². The highest BCUT2D eigenvalue weighted by Gasteiger charge is 2.34. The average molecular weight is 474 g/mol. The summed E-state index contributed by atoms with van der Waals surface area (Å²) in [4.78, 5) is 29.8. The molecular formula is C23H20ClN9O. The summed E-state index contributed by atoms with van der Waals surface area (Å²) in [5.74, 6) is 1.21. The van der Waals surface area contributed by atoms with Gasteiger partial charge in [-0.25, -0.2) is 19.9 Å². The Balaban J connectivity index is 1.46. The first-order chi connectivity index (χ1) is 16.7. The lowest BCUT2D eigenvalue weighted by molar-refractivity contribution is 0.122. The van der Waals surface area contributed by atoms with Crippen LogP contribution in [0, 0.1) is 11.3 Å². The normalized spacial score (nSPS) is 18.1. The van der Waals surface area contributed by atoms with Gasteiger partial charge in [0.15, 0.2) is 0 Å². The van der Waals surface area contributed by atoms with Gasteiger partial charge in [0.2, 0.25) is 17.7 Å². The highest BCUT2D eigenvalue weighted by atomic mass is 35.5. The minimum Gasteiger partial charge on any atom is -0.378 e. The van der Waals surface area contributed by atoms with Crippen LogP contribution in [-0.2, 0) is 11.2 Å². The zero-order valence-corrected chi connectivity index (χ0v) is 18.9. The molecule has 34 heavy (non-hydrogen) atoms. The Morgan fingerprint density at radius 2 is 1.88 bits per heavy atom. The fourth-order valence-corrected chi connectivity index (χ4v) is 4.87. The van der Waals surface area contributed by atoms with Gasteiger partial charge in [-0.05, 0) is 30.2 Å². The quantitative estimate of drug-likeness (QED) is 0.478. The molecule has 0 spiro atoms. The van der Waals surface area contributed by atoms with Crippen molar-refractivity contribution >= 4 is 34.4 Å². The minimum atomic E-state index is -0.261. The van der Waals surface area contributed by atoms with Crippen molar-refractivity contribution in [2.75, 3.05) is 42.6 Å². The van der Waals surface area contributed by atoms with E-state index in [1.54, 1.807) is 0 Å². The summed E-state index contributed by atoms with van der Waals surface area (Å²) < 4.78 is 5.44. The number of anilines is 2. The van der Waals surface area contributed by atoms with Gasteiger partial charge in [-0.2, -0.15) is 10.2 Å². The van der Waals surface area contributed by atoms with Crippen LogP contribution < -0.4 is 9.80 Å². The largest absolute Gasteiger partial charge is 0.378 e. The van der Waals surface area contributed by atoms with Gasteiger partial charge in [-0.3, -0.25) is 0 Å². The molecule has 1 fully saturated rings. The highest BCUT2D eigenvalue weighted by Crippen LogP contribution is 2.40. The summed E-state index contributed by atoms with van der Waals surface area (Å²) in [6.45, 7) is 3.52. The molecule has 4 aromatic rings. The van der Waals surface area contributed by atoms with Gasteiger partial charge in [0.05, 0.1) is 13.2 Å². The van der Waals surface area contributed by atoms with Crippen molar-refractivity contribution in [2.45, 2.75) is 12.5 Å². The summed E-state index contributed by atoms with van der Waals surface area (Å²) in [7, 11) is 0. The van der Waals surface area contributed by atoms with Gasteiger partial charge in [0.1, 0.15) is 18.4 Å². The standard InChI is InChI=1S/C23H20ClN9O/c24-15-1-2-18-17(9-15)16-3-4-33(23-29-13-28-19(10-25)31-23)21(20(16)30-18)14-11-26-22(27-12-14)32-5-7-34-8-6-32/h1-2,9,11-13,21,30H,3-8H2. The molecule has 0 aliphatic carbocycles. The summed E-state index contributed by atoms with van der Waals surface area (Å²) in [5, 5.41) is 11.1. The maximum Gasteiger partial charge on any atom is 0.236 e. The van der Waals surface area contributed by atoms with Crippen LogP contribution in [-0.4, -0.2) is 62.8 Å². The Kier molecular flexibility index (Phi) is 5.20. The second-order valence-electron chi connectivity index (χ2n) is 8.19. The molecule has 1 N–H and O–H groups in total. The lowest BCUT2D eigenvalue weighted by atomic mass is 9.94. The molecule has 3 aromatic heterocycles. The number of hydrogen-bond acceptors (Lipinski definition) is 9. The fraction of sp³-hybridized carbons (Fsp3) is 0.304. The fourth-order valence-electron chi connectivity index (χ4n) is 4.70. The SMILES string of the molecule is N#Cc1ncnc(N2CCc3c([nH]c4ccc(Cl)cc34)C2c2cnc(N3CCOCC3)nc2)n1. The molecule has 1 aromatic carbocycles. The Labute approximate surface area is 200 Å². The first-order valence-electron chi connectivity index (χ1n) is 11.0. The predicted octanol–water partition coefficient (Wildman–Crippen LogP) is 2.66. The number of halogens is 1. The van der Waals surface area contributed by atoms with E-state index in [0.717, 1.165) is 41.7 Å². The molecule has 0 saturated carbocycles. The topological polar surface area (TPSA) is 120 Å². The second kappa shape index (κ2) is 8.52. The molecule has 10 nitrogen and oxygen atoms in total. The molecule has 5 heterocycles. The van der Waals surface area contributed by atoms with Gasteiger partial charge in [-0.1, -0.05) is 11.6 Å². The van der Waals surface area contributed by atoms with Crippen LogP contribution in [0.4, 0.5) is 11.9 Å². The van der Waals surface area contributed by atoms with Gasteiger partial charge in [0.25, 0.3) is 0 Å². The minimum absolute atomic E-state index is 0.0805. The predicted molar refractivity (Wildman–Crippen MR) is 126 cm³/mol. The van der Waals surface area contributed by atoms with Crippen LogP contribution in [0.15, 0.2) is 36.9 Å². The maximum atomic E-state index is 9.30. The second-order valence-corrected chi connectivity index (χ2v) is 8.63. The van der Waals surface area contributed by atoms with E-state index >= 15 is 0 Å². The number of H-pyrrole nitrogens is 1. The Morgan fingerprint density at radius 1 is 1.06 bits per heavy atom. The Bertz CT molecular complexity index is 1390. The van der Waals surface area contributed by atoms with Crippen LogP contribution in [0.1, 0.15) is 28.7 Å². The molecule has 1 atom stereocenters. The van der Waals surface area contributed by atoms with Crippen molar-refractivity contribution in [2.24, 2.45) is 0 Å². The Hall–Kier alpha value is -3.81. The smallest absolute Gasteiger partial charge is 0.236 e. The molecule has 11 heteroatoms. The highest BCUT2D eigenvalue weighted by molar-refractivity contribution is 6.31. The third-order valence-electron chi connectivity index (χ3n) is 6.27. The summed E-state index contributed by atoms with van der Waals surface area (Å²) in [6, 6.07) is 7.60. The molecule has 170 valence electrons. The van der Waals surface area contributed by atoms with E-state index in [1.165, 1.54) is 11.9 Å². The van der Waals surface area contributed by atoms with Crippen molar-refractivity contribution in [3.63, 3.8) is 0 Å². The van der Waals surface area contributed by atoms with Gasteiger partial charge in [0, 0.05) is 59.2 Å². The van der Waals surface area contributed by atoms with Crippen molar-refractivity contribution in [3.05, 3.63) is 64.6 Å². The third-order valence-corrected chi connectivity index (χ3v) is 6.51. The monoisotopic (exact) mass is 473 g/mol. The first-order valence-corrected chi connectivity index (χ1v) is 11.4. The van der Waals surface area contributed by atoms with E-state index < -0.39 is 0 Å². The van der Waals surface area contributed by atoms with E-state index in [4.69, 9.17) is 16.3 Å². The zero-order valence-electron chi connectivity index (χ0n) is 18.1. The molecule has 1 unspecified atom stereocenters. The van der Waals surface area contributed by atoms with E-state index in [2.05, 4.69) is 39.7 Å². The molecule has 0 bridgehead atoms. The van der Waals surface area contributed by atoms with Crippen LogP contribution in [0.5, 0.6) is 0 Å². The van der Waals surface area contributed by atoms with Crippen LogP contribution in [0.2, 0.25) is 5.02 Å². The number of nitriles is 1. The number of nitrogens with one attached hydrogen (secondary N) is 1. The number of rotatable bonds is 3. The maximum absolute atomic E-state index is 9.30. The van der Waals surface area contributed by atoms with Crippen LogP contribution in [0.3, 0.4) is 0 Å². The van der Waals surface area contributed by atoms with E-state index in [-0.39, 0.29) is 11.9 Å². The number of benzene rings is 1. The molecule has 2 aliphatic heterocycles. The van der Waals surface area contributed by atoms with Crippen molar-refractivity contribution < 1.29 is 4.74 Å². The van der Waals surface area contributed by atoms with E-state index in [0.29, 0.717) is 36.7 Å². The number of nitrogens with zero attached hydrogens (tertiary/aromatic N) is 8. The van der Waals surface area contributed by atoms with E-state index in [9.17, 15) is 5.26 Å². The van der Waals surface area contributed by atoms with Gasteiger partial charge >= 0.3 is 0 Å². The first kappa shape index (κ1) is 20.8. The van der Waals surface area contributed by atoms with Crippen LogP contribution >= 0.6 is 11.6 Å². The van der Waals surface area contributed by atoms with Crippen molar-refractivity contribution in [1.29, 1.82) is 5.26 Å². The van der Waals surface area contributed by atoms with Crippen molar-refractivity contribution in [1.82, 2.24) is 29.9 Å². The number of morpholine rings is 1. The summed E-state index contributed by atoms with van der Waals surface area (Å²) in [6.07, 6.45) is 5.85. The number of ether oxygens (including phenoxy) is 1. The molecular weight excluding hydrogens is 454 g/mol. The van der Waals surface area contributed by atoms with Gasteiger partial charge in [-0.15, -0.1) is 0 Å². The molecule has 6 rings (SSSR count). The lowest BCUT2D eigenvalue weighted by Gasteiger charge is -2.36. The molecule has 1 saturated heterocycles. The number of aromatic amines is 1. The number of hydrogen-bond donors (Lipinski definition) is 1. The Morgan fingerprint density at radius 3 is 2.68 bits per heavy atom. The molecule has 0 amide bonds. The zero-order chi connectivity index (χ0) is 23.1. The average Bonchev–Trinajstić information content (AvgIpc) is 3.26. The third kappa shape index (κ3) is 3.59. The van der Waals surface area contributed by atoms with Crippen LogP contribution in [0.25, 0.3) is 10.9 Å².